The summed E-state index contributed by atoms with van der Waals surface area (Å²) in [4.78, 5) is 11.2. The van der Waals surface area contributed by atoms with Crippen LogP contribution in [0.25, 0.3) is 11.3 Å². The van der Waals surface area contributed by atoms with Gasteiger partial charge in [0.2, 0.25) is 0 Å². The number of esters is 1. The minimum Gasteiger partial charge on any atom is -0.465 e. The SMILES string of the molecule is CCOC(=O)Cn1cc(-[c-]2cccc2)nn1.[Fe+2].c1cc[cH-]c1. The molecule has 0 aliphatic rings. The molecule has 0 atom stereocenters. The summed E-state index contributed by atoms with van der Waals surface area (Å²) in [6, 6.07) is 17.7. The van der Waals surface area contributed by atoms with Gasteiger partial charge in [-0.3, -0.25) is 9.48 Å². The van der Waals surface area contributed by atoms with Crippen LogP contribution >= 0.6 is 0 Å². The summed E-state index contributed by atoms with van der Waals surface area (Å²) in [7, 11) is 0. The van der Waals surface area contributed by atoms with Crippen molar-refractivity contribution in [1.29, 1.82) is 0 Å². The smallest absolute Gasteiger partial charge is 0.465 e. The molecule has 0 amide bonds. The van der Waals surface area contributed by atoms with Crippen LogP contribution < -0.4 is 0 Å². The van der Waals surface area contributed by atoms with E-state index < -0.39 is 0 Å². The van der Waals surface area contributed by atoms with Crippen molar-refractivity contribution in [3.8, 4) is 11.3 Å². The minimum absolute atomic E-state index is 0. The first-order chi connectivity index (χ1) is 10.3. The van der Waals surface area contributed by atoms with Gasteiger partial charge >= 0.3 is 23.0 Å². The van der Waals surface area contributed by atoms with Gasteiger partial charge in [0.1, 0.15) is 6.54 Å². The molecule has 5 nitrogen and oxygen atoms in total. The molecule has 3 aromatic rings. The summed E-state index contributed by atoms with van der Waals surface area (Å²) >= 11 is 0. The Bertz CT molecular complexity index is 613. The van der Waals surface area contributed by atoms with Crippen molar-refractivity contribution >= 4 is 5.97 Å². The monoisotopic (exact) mass is 339 g/mol. The Balaban J connectivity index is 0.000000344. The molecular formula is C16H17FeN3O2. The third-order valence-electron chi connectivity index (χ3n) is 2.65. The zero-order valence-corrected chi connectivity index (χ0v) is 13.3. The van der Waals surface area contributed by atoms with Crippen LogP contribution in [0.15, 0.2) is 60.8 Å². The predicted molar refractivity (Wildman–Crippen MR) is 79.7 cm³/mol. The molecule has 116 valence electrons. The van der Waals surface area contributed by atoms with E-state index in [1.807, 2.05) is 54.6 Å². The Hall–Kier alpha value is -2.17. The van der Waals surface area contributed by atoms with Gasteiger partial charge in [0, 0.05) is 5.69 Å². The second kappa shape index (κ2) is 9.71. The van der Waals surface area contributed by atoms with Crippen LogP contribution in [0, 0.1) is 0 Å². The Kier molecular flexibility index (Phi) is 7.89. The van der Waals surface area contributed by atoms with Gasteiger partial charge in [-0.05, 0) is 13.1 Å². The Morgan fingerprint density at radius 1 is 1.27 bits per heavy atom. The fraction of sp³-hybridized carbons (Fsp3) is 0.188. The van der Waals surface area contributed by atoms with Crippen LogP contribution in [-0.2, 0) is 33.1 Å². The number of hydrogen-bond donors (Lipinski definition) is 0. The van der Waals surface area contributed by atoms with Crippen LogP contribution in [0.1, 0.15) is 6.92 Å². The van der Waals surface area contributed by atoms with E-state index in [1.165, 1.54) is 4.68 Å². The number of carbonyl (C=O) groups excluding carboxylic acids is 1. The van der Waals surface area contributed by atoms with E-state index >= 15 is 0 Å². The molecule has 3 rings (SSSR count). The average molecular weight is 339 g/mol. The third-order valence-corrected chi connectivity index (χ3v) is 2.65. The Labute approximate surface area is 140 Å². The average Bonchev–Trinajstić information content (AvgIpc) is 3.23. The van der Waals surface area contributed by atoms with Crippen molar-refractivity contribution in [3.63, 3.8) is 0 Å². The van der Waals surface area contributed by atoms with Crippen LogP contribution in [0.5, 0.6) is 0 Å². The molecule has 0 saturated heterocycles. The molecule has 0 aliphatic carbocycles. The van der Waals surface area contributed by atoms with Gasteiger partial charge in [0.15, 0.2) is 0 Å². The van der Waals surface area contributed by atoms with Gasteiger partial charge < -0.3 is 4.74 Å². The second-order valence-electron chi connectivity index (χ2n) is 4.24. The Morgan fingerprint density at radius 2 is 1.95 bits per heavy atom. The number of aromatic nitrogens is 3. The van der Waals surface area contributed by atoms with Gasteiger partial charge in [-0.1, -0.05) is 10.8 Å². The molecule has 0 bridgehead atoms. The van der Waals surface area contributed by atoms with E-state index in [1.54, 1.807) is 13.1 Å². The molecular weight excluding hydrogens is 322 g/mol. The van der Waals surface area contributed by atoms with E-state index in [2.05, 4.69) is 10.3 Å². The van der Waals surface area contributed by atoms with Crippen molar-refractivity contribution in [1.82, 2.24) is 15.0 Å². The second-order valence-corrected chi connectivity index (χ2v) is 4.24. The predicted octanol–water partition coefficient (Wildman–Crippen LogP) is 2.63. The summed E-state index contributed by atoms with van der Waals surface area (Å²) in [6.45, 7) is 2.25. The number of hydrogen-bond acceptors (Lipinski definition) is 4. The molecule has 0 unspecified atom stereocenters. The standard InChI is InChI=1S/C11H12N3O2.C5H5.Fe/c1-2-16-11(15)8-14-7-10(12-13-14)9-5-3-4-6-9;1-2-4-5-3-1;/h3-7H,2,8H2,1H3;1-5H;/q2*-1;+2. The fourth-order valence-corrected chi connectivity index (χ4v) is 1.71. The summed E-state index contributed by atoms with van der Waals surface area (Å²) in [5.41, 5.74) is 1.75. The van der Waals surface area contributed by atoms with Crippen LogP contribution in [-0.4, -0.2) is 27.6 Å². The number of carbonyl (C=O) groups is 1. The maximum Gasteiger partial charge on any atom is 2.00 e. The molecule has 22 heavy (non-hydrogen) atoms. The van der Waals surface area contributed by atoms with Crippen LogP contribution in [0.3, 0.4) is 0 Å². The van der Waals surface area contributed by atoms with Crippen LogP contribution in [0.2, 0.25) is 0 Å². The molecule has 1 aromatic heterocycles. The van der Waals surface area contributed by atoms with Gasteiger partial charge in [-0.2, -0.15) is 35.4 Å². The van der Waals surface area contributed by atoms with Gasteiger partial charge in [-0.25, -0.2) is 12.1 Å². The molecule has 0 saturated carbocycles. The number of ether oxygens (including phenoxy) is 1. The molecule has 0 aliphatic heterocycles. The maximum absolute atomic E-state index is 11.2. The largest absolute Gasteiger partial charge is 2.00 e. The quantitative estimate of drug-likeness (QED) is 0.417. The first kappa shape index (κ1) is 17.9. The summed E-state index contributed by atoms with van der Waals surface area (Å²) in [5.74, 6) is -0.304. The molecule has 0 N–H and O–H groups in total. The van der Waals surface area contributed by atoms with Crippen molar-refractivity contribution in [2.24, 2.45) is 0 Å². The zero-order chi connectivity index (χ0) is 14.9. The normalized spacial score (nSPS) is 9.32. The van der Waals surface area contributed by atoms with Gasteiger partial charge in [-0.15, -0.1) is 12.1 Å². The molecule has 0 spiro atoms. The van der Waals surface area contributed by atoms with Gasteiger partial charge in [0.25, 0.3) is 0 Å². The number of nitrogens with zero attached hydrogens (tertiary/aromatic N) is 3. The van der Waals surface area contributed by atoms with Crippen molar-refractivity contribution in [2.45, 2.75) is 13.5 Å². The molecule has 0 fully saturated rings. The summed E-state index contributed by atoms with van der Waals surface area (Å²) < 4.78 is 6.29. The number of rotatable bonds is 4. The van der Waals surface area contributed by atoms with E-state index in [0.29, 0.717) is 6.61 Å². The van der Waals surface area contributed by atoms with Crippen LogP contribution in [0.4, 0.5) is 0 Å². The summed E-state index contributed by atoms with van der Waals surface area (Å²) in [6.07, 6.45) is 1.73. The molecule has 0 radical (unpaired) electrons. The zero-order valence-electron chi connectivity index (χ0n) is 12.2. The molecule has 2 aromatic carbocycles. The van der Waals surface area contributed by atoms with E-state index in [9.17, 15) is 4.79 Å². The first-order valence-corrected chi connectivity index (χ1v) is 6.74. The van der Waals surface area contributed by atoms with Crippen molar-refractivity contribution in [3.05, 3.63) is 60.8 Å². The van der Waals surface area contributed by atoms with Gasteiger partial charge in [0.05, 0.1) is 6.61 Å². The van der Waals surface area contributed by atoms with Crippen molar-refractivity contribution < 1.29 is 26.6 Å². The first-order valence-electron chi connectivity index (χ1n) is 6.74. The minimum atomic E-state index is -0.304. The van der Waals surface area contributed by atoms with E-state index in [0.717, 1.165) is 11.3 Å². The van der Waals surface area contributed by atoms with E-state index in [4.69, 9.17) is 4.74 Å². The topological polar surface area (TPSA) is 57.0 Å². The van der Waals surface area contributed by atoms with Crippen molar-refractivity contribution in [2.75, 3.05) is 6.61 Å². The molecule has 6 heteroatoms. The maximum atomic E-state index is 11.2. The molecule has 1 heterocycles. The van der Waals surface area contributed by atoms with E-state index in [-0.39, 0.29) is 29.6 Å². The fourth-order valence-electron chi connectivity index (χ4n) is 1.71. The summed E-state index contributed by atoms with van der Waals surface area (Å²) in [5, 5.41) is 7.84. The Morgan fingerprint density at radius 3 is 2.50 bits per heavy atom. The third kappa shape index (κ3) is 5.68.